The van der Waals surface area contributed by atoms with Crippen LogP contribution < -0.4 is 20.7 Å². The zero-order valence-electron chi connectivity index (χ0n) is 19.5. The number of aliphatic imine (C=N–C) groups is 1. The lowest BCUT2D eigenvalue weighted by atomic mass is 9.36. The first kappa shape index (κ1) is 22.7. The van der Waals surface area contributed by atoms with Crippen molar-refractivity contribution in [2.24, 2.45) is 10.4 Å². The Bertz CT molecular complexity index is 916. The van der Waals surface area contributed by atoms with Gasteiger partial charge in [0, 0.05) is 29.8 Å². The molecule has 3 aliphatic carbocycles. The van der Waals surface area contributed by atoms with Gasteiger partial charge in [-0.1, -0.05) is 25.5 Å². The summed E-state index contributed by atoms with van der Waals surface area (Å²) in [6.07, 6.45) is 11.7. The van der Waals surface area contributed by atoms with Crippen molar-refractivity contribution >= 4 is 12.6 Å². The lowest BCUT2D eigenvalue weighted by Crippen LogP contribution is -2.78. The minimum Gasteiger partial charge on any atom is -0.497 e. The number of rotatable bonds is 10. The number of fused-ring (bicyclic) bond motifs is 1. The van der Waals surface area contributed by atoms with Gasteiger partial charge < -0.3 is 15.4 Å². The van der Waals surface area contributed by atoms with Gasteiger partial charge in [-0.25, -0.2) is 0 Å². The third-order valence-corrected chi connectivity index (χ3v) is 7.37. The molecule has 1 aromatic carbocycles. The van der Waals surface area contributed by atoms with Crippen LogP contribution in [-0.2, 0) is 11.2 Å². The van der Waals surface area contributed by atoms with Crippen molar-refractivity contribution in [1.29, 1.82) is 0 Å². The molecule has 6 heteroatoms. The van der Waals surface area contributed by atoms with E-state index in [-0.39, 0.29) is 23.0 Å². The maximum absolute atomic E-state index is 12.7. The topological polar surface area (TPSA) is 74.8 Å². The quantitative estimate of drug-likeness (QED) is 0.226. The van der Waals surface area contributed by atoms with Crippen LogP contribution >= 0.6 is 0 Å². The molecular formula is C26H36N4O2. The van der Waals surface area contributed by atoms with E-state index in [4.69, 9.17) is 4.74 Å². The summed E-state index contributed by atoms with van der Waals surface area (Å²) >= 11 is 0. The highest BCUT2D eigenvalue weighted by molar-refractivity contribution is 5.96. The first-order valence-corrected chi connectivity index (χ1v) is 11.8. The average Bonchev–Trinajstić information content (AvgIpc) is 2.75. The zero-order valence-corrected chi connectivity index (χ0v) is 19.5. The van der Waals surface area contributed by atoms with E-state index in [1.54, 1.807) is 19.4 Å². The van der Waals surface area contributed by atoms with Crippen molar-refractivity contribution in [3.05, 3.63) is 53.3 Å². The monoisotopic (exact) mass is 436 g/mol. The zero-order chi connectivity index (χ0) is 22.8. The minimum absolute atomic E-state index is 0.0263. The third-order valence-electron chi connectivity index (χ3n) is 7.37. The largest absolute Gasteiger partial charge is 0.497 e. The highest BCUT2D eigenvalue weighted by Crippen LogP contribution is 2.72. The number of ether oxygens (including phenoxy) is 1. The number of allylic oxidation sites excluding steroid dienone is 1. The molecule has 32 heavy (non-hydrogen) atoms. The SMILES string of the molecule is C=N/C=C\C(=C/C)C(=O)NC12CC(C3N[C@@H](NCCCC)Cc4cc(OC)ccc43)(C1)C2. The minimum atomic E-state index is -0.0717. The first-order valence-electron chi connectivity index (χ1n) is 11.8. The normalized spacial score (nSPS) is 30.8. The highest BCUT2D eigenvalue weighted by Gasteiger charge is 2.71. The molecule has 1 heterocycles. The molecule has 1 unspecified atom stereocenters. The van der Waals surface area contributed by atoms with Gasteiger partial charge in [-0.2, -0.15) is 0 Å². The number of carbonyl (C=O) groups excluding carboxylic acids is 1. The molecule has 3 N–H and O–H groups in total. The number of hydrogen-bond donors (Lipinski definition) is 3. The van der Waals surface area contributed by atoms with Crippen LogP contribution in [0, 0.1) is 5.41 Å². The molecule has 172 valence electrons. The molecule has 2 bridgehead atoms. The van der Waals surface area contributed by atoms with Gasteiger partial charge in [0.25, 0.3) is 5.91 Å². The Balaban J connectivity index is 1.47. The molecular weight excluding hydrogens is 400 g/mol. The lowest BCUT2D eigenvalue weighted by molar-refractivity contribution is -0.183. The molecule has 1 amide bonds. The molecule has 5 rings (SSSR count). The Labute approximate surface area is 191 Å². The predicted molar refractivity (Wildman–Crippen MR) is 129 cm³/mol. The fourth-order valence-electron chi connectivity index (χ4n) is 5.88. The van der Waals surface area contributed by atoms with E-state index in [0.717, 1.165) is 38.0 Å². The van der Waals surface area contributed by atoms with Gasteiger partial charge in [0.15, 0.2) is 0 Å². The maximum Gasteiger partial charge on any atom is 0.251 e. The Kier molecular flexibility index (Phi) is 6.54. The molecule has 0 aromatic heterocycles. The number of benzene rings is 1. The lowest BCUT2D eigenvalue weighted by Gasteiger charge is -2.73. The Morgan fingerprint density at radius 2 is 2.16 bits per heavy atom. The molecule has 3 saturated carbocycles. The van der Waals surface area contributed by atoms with E-state index in [0.29, 0.717) is 11.6 Å². The number of amides is 1. The van der Waals surface area contributed by atoms with E-state index in [1.807, 2.05) is 13.0 Å². The molecule has 3 fully saturated rings. The Hall–Kier alpha value is -2.44. The average molecular weight is 437 g/mol. The fraction of sp³-hybridized carbons (Fsp3) is 0.538. The first-order chi connectivity index (χ1) is 15.5. The Morgan fingerprint density at radius 1 is 1.38 bits per heavy atom. The van der Waals surface area contributed by atoms with Crippen LogP contribution in [0.15, 0.2) is 47.1 Å². The predicted octanol–water partition coefficient (Wildman–Crippen LogP) is 3.80. The van der Waals surface area contributed by atoms with Gasteiger partial charge in [0.05, 0.1) is 13.3 Å². The summed E-state index contributed by atoms with van der Waals surface area (Å²) in [6, 6.07) is 6.78. The standard InChI is InChI=1S/C26H36N4O2/c1-5-7-11-28-22-14-19-13-20(32-4)8-9-21(19)23(29-22)25-15-26(16-25,17-25)30-24(31)18(6-2)10-12-27-3/h6,8-10,12-13,22-23,28-29H,3,5,7,11,14-17H2,1-2,4H3,(H,30,31)/b12-10-,18-6+/t22-,23?,25?,26?/m1/s1. The second kappa shape index (κ2) is 9.20. The highest BCUT2D eigenvalue weighted by atomic mass is 16.5. The second-order valence-electron chi connectivity index (χ2n) is 9.60. The number of unbranched alkanes of at least 4 members (excludes halogenated alkanes) is 1. The molecule has 1 aliphatic heterocycles. The van der Waals surface area contributed by atoms with Crippen LogP contribution in [0.5, 0.6) is 5.75 Å². The third kappa shape index (κ3) is 4.14. The van der Waals surface area contributed by atoms with E-state index in [9.17, 15) is 4.79 Å². The van der Waals surface area contributed by atoms with E-state index in [1.165, 1.54) is 24.0 Å². The van der Waals surface area contributed by atoms with Gasteiger partial charge in [-0.15, -0.1) is 0 Å². The van der Waals surface area contributed by atoms with Gasteiger partial charge in [-0.3, -0.25) is 15.1 Å². The van der Waals surface area contributed by atoms with Crippen LogP contribution in [0.4, 0.5) is 0 Å². The summed E-state index contributed by atoms with van der Waals surface area (Å²) in [6.45, 7) is 8.55. The molecule has 0 radical (unpaired) electrons. The molecule has 1 aromatic rings. The fourth-order valence-corrected chi connectivity index (χ4v) is 5.88. The van der Waals surface area contributed by atoms with Crippen molar-refractivity contribution in [3.63, 3.8) is 0 Å². The maximum atomic E-state index is 12.7. The van der Waals surface area contributed by atoms with Gasteiger partial charge in [0.2, 0.25) is 0 Å². The van der Waals surface area contributed by atoms with Crippen molar-refractivity contribution in [2.75, 3.05) is 13.7 Å². The van der Waals surface area contributed by atoms with Crippen molar-refractivity contribution in [2.45, 2.75) is 70.1 Å². The summed E-state index contributed by atoms with van der Waals surface area (Å²) in [4.78, 5) is 16.4. The number of methoxy groups -OCH3 is 1. The second-order valence-corrected chi connectivity index (χ2v) is 9.60. The number of nitrogens with zero attached hydrogens (tertiary/aromatic N) is 1. The summed E-state index contributed by atoms with van der Waals surface area (Å²) in [5.74, 6) is 0.889. The molecule has 0 saturated heterocycles. The van der Waals surface area contributed by atoms with E-state index >= 15 is 0 Å². The Morgan fingerprint density at radius 3 is 2.81 bits per heavy atom. The van der Waals surface area contributed by atoms with Crippen LogP contribution in [0.2, 0.25) is 0 Å². The van der Waals surface area contributed by atoms with E-state index < -0.39 is 0 Å². The summed E-state index contributed by atoms with van der Waals surface area (Å²) in [5.41, 5.74) is 3.51. The molecule has 4 aliphatic rings. The van der Waals surface area contributed by atoms with Crippen molar-refractivity contribution in [1.82, 2.24) is 16.0 Å². The van der Waals surface area contributed by atoms with Crippen LogP contribution in [0.1, 0.15) is 63.1 Å². The van der Waals surface area contributed by atoms with Crippen LogP contribution in [-0.4, -0.2) is 38.0 Å². The van der Waals surface area contributed by atoms with Gasteiger partial charge >= 0.3 is 0 Å². The molecule has 6 nitrogen and oxygen atoms in total. The summed E-state index contributed by atoms with van der Waals surface area (Å²) in [7, 11) is 1.73. The molecule has 0 spiro atoms. The summed E-state index contributed by atoms with van der Waals surface area (Å²) in [5, 5.41) is 10.9. The van der Waals surface area contributed by atoms with Crippen molar-refractivity contribution < 1.29 is 9.53 Å². The van der Waals surface area contributed by atoms with Gasteiger partial charge in [0.1, 0.15) is 5.75 Å². The number of nitrogens with one attached hydrogen (secondary N) is 3. The van der Waals surface area contributed by atoms with Crippen LogP contribution in [0.25, 0.3) is 0 Å². The number of carbonyl (C=O) groups is 1. The van der Waals surface area contributed by atoms with Gasteiger partial charge in [-0.05, 0) is 80.6 Å². The molecule has 2 atom stereocenters. The summed E-state index contributed by atoms with van der Waals surface area (Å²) < 4.78 is 5.50. The van der Waals surface area contributed by atoms with Crippen molar-refractivity contribution in [3.8, 4) is 5.75 Å². The van der Waals surface area contributed by atoms with E-state index in [2.05, 4.69) is 52.8 Å². The van der Waals surface area contributed by atoms with Crippen LogP contribution in [0.3, 0.4) is 0 Å². The number of hydrogen-bond acceptors (Lipinski definition) is 5. The smallest absolute Gasteiger partial charge is 0.251 e.